The molecule has 0 aliphatic carbocycles. The third-order valence-corrected chi connectivity index (χ3v) is 4.02. The molecule has 1 aromatic rings. The molecule has 1 aliphatic heterocycles. The summed E-state index contributed by atoms with van der Waals surface area (Å²) in [6.45, 7) is 5.58. The summed E-state index contributed by atoms with van der Waals surface area (Å²) in [6, 6.07) is 4.75. The lowest BCUT2D eigenvalue weighted by Crippen LogP contribution is -2.40. The van der Waals surface area contributed by atoms with E-state index in [1.54, 1.807) is 19.2 Å². The van der Waals surface area contributed by atoms with Crippen LogP contribution in [0, 0.1) is 5.92 Å². The van der Waals surface area contributed by atoms with Crippen molar-refractivity contribution in [3.63, 3.8) is 0 Å². The monoisotopic (exact) mass is 292 g/mol. The lowest BCUT2D eigenvalue weighted by molar-refractivity contribution is 0.0687. The number of piperidine rings is 1. The van der Waals surface area contributed by atoms with Crippen LogP contribution in [0.25, 0.3) is 0 Å². The molecule has 2 rings (SSSR count). The summed E-state index contributed by atoms with van der Waals surface area (Å²) in [4.78, 5) is 14.3. The SMILES string of the molecule is CCNCC1CCN(C(=O)c2cc(OC)ccc2O)CC1. The smallest absolute Gasteiger partial charge is 0.257 e. The van der Waals surface area contributed by atoms with Gasteiger partial charge in [0.1, 0.15) is 11.5 Å². The van der Waals surface area contributed by atoms with Crippen LogP contribution >= 0.6 is 0 Å². The Morgan fingerprint density at radius 2 is 2.14 bits per heavy atom. The summed E-state index contributed by atoms with van der Waals surface area (Å²) in [5.41, 5.74) is 0.319. The molecule has 1 heterocycles. The van der Waals surface area contributed by atoms with Gasteiger partial charge in [0.2, 0.25) is 0 Å². The van der Waals surface area contributed by atoms with Crippen molar-refractivity contribution in [1.29, 1.82) is 0 Å². The molecule has 1 fully saturated rings. The second kappa shape index (κ2) is 7.31. The Balaban J connectivity index is 1.98. The number of phenolic OH excluding ortho intramolecular Hbond substituents is 1. The average Bonchev–Trinajstić information content (AvgIpc) is 2.53. The van der Waals surface area contributed by atoms with E-state index in [9.17, 15) is 9.90 Å². The van der Waals surface area contributed by atoms with Crippen molar-refractivity contribution in [2.24, 2.45) is 5.92 Å². The minimum Gasteiger partial charge on any atom is -0.507 e. The van der Waals surface area contributed by atoms with Crippen molar-refractivity contribution < 1.29 is 14.6 Å². The zero-order valence-corrected chi connectivity index (χ0v) is 12.8. The number of nitrogens with zero attached hydrogens (tertiary/aromatic N) is 1. The quantitative estimate of drug-likeness (QED) is 0.869. The van der Waals surface area contributed by atoms with Crippen LogP contribution in [0.2, 0.25) is 0 Å². The van der Waals surface area contributed by atoms with Crippen molar-refractivity contribution in [2.45, 2.75) is 19.8 Å². The van der Waals surface area contributed by atoms with Crippen molar-refractivity contribution >= 4 is 5.91 Å². The molecule has 21 heavy (non-hydrogen) atoms. The topological polar surface area (TPSA) is 61.8 Å². The number of hydrogen-bond acceptors (Lipinski definition) is 4. The van der Waals surface area contributed by atoms with Gasteiger partial charge in [0, 0.05) is 13.1 Å². The number of methoxy groups -OCH3 is 1. The number of amides is 1. The van der Waals surface area contributed by atoms with Gasteiger partial charge >= 0.3 is 0 Å². The fourth-order valence-corrected chi connectivity index (χ4v) is 2.67. The van der Waals surface area contributed by atoms with Crippen LogP contribution in [0.15, 0.2) is 18.2 Å². The number of hydrogen-bond donors (Lipinski definition) is 2. The summed E-state index contributed by atoms with van der Waals surface area (Å²) < 4.78 is 5.12. The van der Waals surface area contributed by atoms with Crippen LogP contribution in [0.4, 0.5) is 0 Å². The van der Waals surface area contributed by atoms with Crippen molar-refractivity contribution in [1.82, 2.24) is 10.2 Å². The Bertz CT molecular complexity index is 482. The fraction of sp³-hybridized carbons (Fsp3) is 0.562. The Hall–Kier alpha value is -1.75. The Labute approximate surface area is 125 Å². The van der Waals surface area contributed by atoms with E-state index in [0.29, 0.717) is 17.2 Å². The van der Waals surface area contributed by atoms with Gasteiger partial charge in [0.15, 0.2) is 0 Å². The Morgan fingerprint density at radius 1 is 1.43 bits per heavy atom. The minimum atomic E-state index is -0.117. The number of carbonyl (C=O) groups is 1. The van der Waals surface area contributed by atoms with Crippen molar-refractivity contribution in [3.05, 3.63) is 23.8 Å². The number of benzene rings is 1. The van der Waals surface area contributed by atoms with Crippen molar-refractivity contribution in [2.75, 3.05) is 33.3 Å². The molecule has 0 saturated carbocycles. The van der Waals surface area contributed by atoms with E-state index in [1.807, 2.05) is 4.90 Å². The number of phenols is 1. The average molecular weight is 292 g/mol. The van der Waals surface area contributed by atoms with Crippen LogP contribution < -0.4 is 10.1 Å². The van der Waals surface area contributed by atoms with Crippen LogP contribution in [0.3, 0.4) is 0 Å². The lowest BCUT2D eigenvalue weighted by atomic mass is 9.96. The molecule has 5 heteroatoms. The highest BCUT2D eigenvalue weighted by Gasteiger charge is 2.25. The second-order valence-electron chi connectivity index (χ2n) is 5.43. The highest BCUT2D eigenvalue weighted by Crippen LogP contribution is 2.26. The zero-order valence-electron chi connectivity index (χ0n) is 12.8. The van der Waals surface area contributed by atoms with E-state index in [-0.39, 0.29) is 11.7 Å². The van der Waals surface area contributed by atoms with Gasteiger partial charge in [0.05, 0.1) is 12.7 Å². The van der Waals surface area contributed by atoms with E-state index in [2.05, 4.69) is 12.2 Å². The summed E-state index contributed by atoms with van der Waals surface area (Å²) >= 11 is 0. The molecule has 0 bridgehead atoms. The minimum absolute atomic E-state index is 0.00979. The van der Waals surface area contributed by atoms with Crippen LogP contribution in [0.5, 0.6) is 11.5 Å². The van der Waals surface area contributed by atoms with Gasteiger partial charge in [-0.2, -0.15) is 0 Å². The van der Waals surface area contributed by atoms with Crippen LogP contribution in [-0.2, 0) is 0 Å². The fourth-order valence-electron chi connectivity index (χ4n) is 2.67. The second-order valence-corrected chi connectivity index (χ2v) is 5.43. The number of likely N-dealkylation sites (tertiary alicyclic amines) is 1. The molecule has 5 nitrogen and oxygen atoms in total. The summed E-state index contributed by atoms with van der Waals surface area (Å²) in [7, 11) is 1.55. The predicted molar refractivity (Wildman–Crippen MR) is 81.8 cm³/mol. The van der Waals surface area contributed by atoms with E-state index < -0.39 is 0 Å². The highest BCUT2D eigenvalue weighted by atomic mass is 16.5. The maximum absolute atomic E-state index is 12.5. The molecule has 1 aromatic carbocycles. The van der Waals surface area contributed by atoms with E-state index >= 15 is 0 Å². The molecular formula is C16H24N2O3. The molecule has 1 amide bonds. The van der Waals surface area contributed by atoms with Gasteiger partial charge < -0.3 is 20.1 Å². The molecule has 0 atom stereocenters. The summed E-state index contributed by atoms with van der Waals surface area (Å²) in [6.07, 6.45) is 2.01. The molecule has 1 aliphatic rings. The number of carbonyl (C=O) groups excluding carboxylic acids is 1. The third-order valence-electron chi connectivity index (χ3n) is 4.02. The van der Waals surface area contributed by atoms with E-state index in [4.69, 9.17) is 4.74 Å². The van der Waals surface area contributed by atoms with E-state index in [1.165, 1.54) is 6.07 Å². The summed E-state index contributed by atoms with van der Waals surface area (Å²) in [5.74, 6) is 1.11. The third kappa shape index (κ3) is 3.88. The molecule has 116 valence electrons. The molecule has 0 radical (unpaired) electrons. The Morgan fingerprint density at radius 3 is 2.76 bits per heavy atom. The standard InChI is InChI=1S/C16H24N2O3/c1-3-17-11-12-6-8-18(9-7-12)16(20)14-10-13(21-2)4-5-15(14)19/h4-5,10,12,17,19H,3,6-9,11H2,1-2H3. The highest BCUT2D eigenvalue weighted by molar-refractivity contribution is 5.97. The number of nitrogens with one attached hydrogen (secondary N) is 1. The number of rotatable bonds is 5. The molecule has 0 unspecified atom stereocenters. The van der Waals surface area contributed by atoms with E-state index in [0.717, 1.165) is 39.0 Å². The first-order chi connectivity index (χ1) is 10.2. The zero-order chi connectivity index (χ0) is 15.2. The lowest BCUT2D eigenvalue weighted by Gasteiger charge is -2.32. The summed E-state index contributed by atoms with van der Waals surface area (Å²) in [5, 5.41) is 13.2. The first kappa shape index (κ1) is 15.6. The van der Waals surface area contributed by atoms with Gasteiger partial charge in [0.25, 0.3) is 5.91 Å². The van der Waals surface area contributed by atoms with Crippen molar-refractivity contribution in [3.8, 4) is 11.5 Å². The van der Waals surface area contributed by atoms with Gasteiger partial charge in [-0.15, -0.1) is 0 Å². The molecule has 0 spiro atoms. The largest absolute Gasteiger partial charge is 0.507 e. The molecular weight excluding hydrogens is 268 g/mol. The van der Waals surface area contributed by atoms with Gasteiger partial charge in [-0.3, -0.25) is 4.79 Å². The molecule has 2 N–H and O–H groups in total. The first-order valence-corrected chi connectivity index (χ1v) is 7.52. The van der Waals surface area contributed by atoms with Gasteiger partial charge in [-0.25, -0.2) is 0 Å². The molecule has 0 aromatic heterocycles. The maximum Gasteiger partial charge on any atom is 0.257 e. The maximum atomic E-state index is 12.5. The Kier molecular flexibility index (Phi) is 5.44. The normalized spacial score (nSPS) is 16.0. The van der Waals surface area contributed by atoms with Gasteiger partial charge in [-0.1, -0.05) is 6.92 Å². The number of aromatic hydroxyl groups is 1. The van der Waals surface area contributed by atoms with Gasteiger partial charge in [-0.05, 0) is 50.0 Å². The first-order valence-electron chi connectivity index (χ1n) is 7.52. The molecule has 1 saturated heterocycles. The van der Waals surface area contributed by atoms with Crippen LogP contribution in [0.1, 0.15) is 30.1 Å². The predicted octanol–water partition coefficient (Wildman–Crippen LogP) is 1.86. The number of ether oxygens (including phenoxy) is 1. The van der Waals surface area contributed by atoms with Crippen LogP contribution in [-0.4, -0.2) is 49.2 Å².